The van der Waals surface area contributed by atoms with E-state index in [9.17, 15) is 12.8 Å². The lowest BCUT2D eigenvalue weighted by atomic mass is 10.1. The number of halogens is 1. The Morgan fingerprint density at radius 2 is 1.82 bits per heavy atom. The van der Waals surface area contributed by atoms with E-state index in [-0.39, 0.29) is 6.54 Å². The number of rotatable bonds is 6. The number of nitrogens with one attached hydrogen (secondary N) is 1. The van der Waals surface area contributed by atoms with Crippen molar-refractivity contribution in [3.63, 3.8) is 0 Å². The molecule has 0 saturated carbocycles. The summed E-state index contributed by atoms with van der Waals surface area (Å²) in [5, 5.41) is 0. The topological polar surface area (TPSA) is 75.2 Å². The van der Waals surface area contributed by atoms with Gasteiger partial charge in [0.05, 0.1) is 0 Å². The molecule has 2 aromatic rings. The third-order valence-corrected chi connectivity index (χ3v) is 4.71. The van der Waals surface area contributed by atoms with Crippen LogP contribution >= 0.6 is 0 Å². The summed E-state index contributed by atoms with van der Waals surface area (Å²) < 4.78 is 41.2. The van der Waals surface area contributed by atoms with Crippen LogP contribution in [0.3, 0.4) is 0 Å². The van der Waals surface area contributed by atoms with Crippen molar-refractivity contribution < 1.29 is 12.8 Å². The van der Waals surface area contributed by atoms with Gasteiger partial charge in [-0.15, -0.1) is 0 Å². The minimum absolute atomic E-state index is 0.262. The first-order valence-corrected chi connectivity index (χ1v) is 8.14. The standard InChI is InChI=1S/C14H17FN4O2S/c1-3-18-22(20,21)19(2)13(14-16-9-4-10-17-14)11-5-7-12(15)8-6-11/h4-10,13,18H,3H2,1-2H3/t13-/m1/s1. The van der Waals surface area contributed by atoms with Crippen molar-refractivity contribution in [2.24, 2.45) is 0 Å². The number of nitrogens with zero attached hydrogens (tertiary/aromatic N) is 3. The van der Waals surface area contributed by atoms with E-state index >= 15 is 0 Å². The fraction of sp³-hybridized carbons (Fsp3) is 0.286. The van der Waals surface area contributed by atoms with E-state index in [1.54, 1.807) is 13.0 Å². The Balaban J connectivity index is 2.49. The highest BCUT2D eigenvalue weighted by atomic mass is 32.2. The van der Waals surface area contributed by atoms with Crippen LogP contribution in [0, 0.1) is 5.82 Å². The quantitative estimate of drug-likeness (QED) is 0.873. The van der Waals surface area contributed by atoms with Crippen LogP contribution in [0.5, 0.6) is 0 Å². The van der Waals surface area contributed by atoms with Gasteiger partial charge in [0.25, 0.3) is 10.2 Å². The van der Waals surface area contributed by atoms with Gasteiger partial charge in [-0.05, 0) is 23.8 Å². The second kappa shape index (κ2) is 6.91. The molecule has 6 nitrogen and oxygen atoms in total. The largest absolute Gasteiger partial charge is 0.280 e. The van der Waals surface area contributed by atoms with Gasteiger partial charge in [-0.2, -0.15) is 12.7 Å². The van der Waals surface area contributed by atoms with Crippen molar-refractivity contribution in [1.82, 2.24) is 19.0 Å². The third kappa shape index (κ3) is 3.65. The highest BCUT2D eigenvalue weighted by molar-refractivity contribution is 7.87. The molecule has 0 aliphatic heterocycles. The number of benzene rings is 1. The predicted octanol–water partition coefficient (Wildman–Crippen LogP) is 1.49. The van der Waals surface area contributed by atoms with Gasteiger partial charge in [-0.1, -0.05) is 19.1 Å². The zero-order valence-electron chi connectivity index (χ0n) is 12.3. The number of aromatic nitrogens is 2. The molecule has 1 heterocycles. The zero-order valence-corrected chi connectivity index (χ0v) is 13.1. The van der Waals surface area contributed by atoms with Crippen LogP contribution < -0.4 is 4.72 Å². The monoisotopic (exact) mass is 324 g/mol. The molecular formula is C14H17FN4O2S. The van der Waals surface area contributed by atoms with Gasteiger partial charge in [0.2, 0.25) is 0 Å². The molecule has 0 aliphatic carbocycles. The summed E-state index contributed by atoms with van der Waals surface area (Å²) in [5.74, 6) is -0.0771. The van der Waals surface area contributed by atoms with E-state index in [2.05, 4.69) is 14.7 Å². The SMILES string of the molecule is CCNS(=O)(=O)N(C)[C@H](c1ccc(F)cc1)c1ncccn1. The number of hydrogen-bond acceptors (Lipinski definition) is 4. The molecule has 0 unspecified atom stereocenters. The molecule has 1 aromatic carbocycles. The number of hydrogen-bond donors (Lipinski definition) is 1. The van der Waals surface area contributed by atoms with Gasteiger partial charge >= 0.3 is 0 Å². The smallest absolute Gasteiger partial charge is 0.239 e. The summed E-state index contributed by atoms with van der Waals surface area (Å²) >= 11 is 0. The molecule has 2 rings (SSSR count). The van der Waals surface area contributed by atoms with Gasteiger partial charge in [0, 0.05) is 26.0 Å². The second-order valence-electron chi connectivity index (χ2n) is 4.58. The molecule has 1 N–H and O–H groups in total. The molecule has 1 aromatic heterocycles. The first-order valence-electron chi connectivity index (χ1n) is 6.70. The normalized spacial score (nSPS) is 13.3. The first kappa shape index (κ1) is 16.5. The van der Waals surface area contributed by atoms with Crippen LogP contribution in [0.25, 0.3) is 0 Å². The minimum atomic E-state index is -3.71. The lowest BCUT2D eigenvalue weighted by Crippen LogP contribution is -2.41. The molecule has 1 atom stereocenters. The van der Waals surface area contributed by atoms with Crippen LogP contribution in [-0.4, -0.2) is 36.3 Å². The van der Waals surface area contributed by atoms with E-state index in [1.807, 2.05) is 0 Å². The van der Waals surface area contributed by atoms with Crippen molar-refractivity contribution in [3.05, 3.63) is 59.9 Å². The van der Waals surface area contributed by atoms with E-state index < -0.39 is 22.1 Å². The minimum Gasteiger partial charge on any atom is -0.239 e. The Morgan fingerprint density at radius 3 is 2.36 bits per heavy atom. The van der Waals surface area contributed by atoms with E-state index in [1.165, 1.54) is 43.7 Å². The zero-order chi connectivity index (χ0) is 16.2. The Morgan fingerprint density at radius 1 is 1.23 bits per heavy atom. The Labute approximate surface area is 129 Å². The lowest BCUT2D eigenvalue weighted by Gasteiger charge is -2.26. The molecule has 8 heteroatoms. The predicted molar refractivity (Wildman–Crippen MR) is 80.6 cm³/mol. The fourth-order valence-electron chi connectivity index (χ4n) is 2.04. The van der Waals surface area contributed by atoms with Gasteiger partial charge in [0.15, 0.2) is 5.82 Å². The highest BCUT2D eigenvalue weighted by Crippen LogP contribution is 2.26. The molecule has 0 radical (unpaired) electrons. The Bertz CT molecular complexity index is 707. The summed E-state index contributed by atoms with van der Waals surface area (Å²) in [6.45, 7) is 1.95. The van der Waals surface area contributed by atoms with E-state index in [0.717, 1.165) is 4.31 Å². The fourth-order valence-corrected chi connectivity index (χ4v) is 3.10. The Kier molecular flexibility index (Phi) is 5.17. The van der Waals surface area contributed by atoms with Crippen molar-refractivity contribution in [2.45, 2.75) is 13.0 Å². The highest BCUT2D eigenvalue weighted by Gasteiger charge is 2.30. The maximum absolute atomic E-state index is 13.1. The van der Waals surface area contributed by atoms with E-state index in [0.29, 0.717) is 11.4 Å². The average Bonchev–Trinajstić information content (AvgIpc) is 2.50. The van der Waals surface area contributed by atoms with Crippen LogP contribution in [0.1, 0.15) is 24.4 Å². The van der Waals surface area contributed by atoms with Crippen LogP contribution in [-0.2, 0) is 10.2 Å². The van der Waals surface area contributed by atoms with Gasteiger partial charge in [-0.3, -0.25) is 0 Å². The lowest BCUT2D eigenvalue weighted by molar-refractivity contribution is 0.397. The molecule has 0 aliphatic rings. The van der Waals surface area contributed by atoms with Crippen molar-refractivity contribution in [1.29, 1.82) is 0 Å². The molecular weight excluding hydrogens is 307 g/mol. The van der Waals surface area contributed by atoms with E-state index in [4.69, 9.17) is 0 Å². The molecule has 22 heavy (non-hydrogen) atoms. The molecule has 0 bridgehead atoms. The van der Waals surface area contributed by atoms with Crippen LogP contribution in [0.4, 0.5) is 4.39 Å². The van der Waals surface area contributed by atoms with Crippen molar-refractivity contribution in [3.8, 4) is 0 Å². The summed E-state index contributed by atoms with van der Waals surface area (Å²) in [6.07, 6.45) is 3.07. The molecule has 0 amide bonds. The van der Waals surface area contributed by atoms with Gasteiger partial charge in [0.1, 0.15) is 11.9 Å². The van der Waals surface area contributed by atoms with Crippen molar-refractivity contribution >= 4 is 10.2 Å². The molecule has 0 fully saturated rings. The van der Waals surface area contributed by atoms with Gasteiger partial charge < -0.3 is 0 Å². The molecule has 0 spiro atoms. The van der Waals surface area contributed by atoms with Gasteiger partial charge in [-0.25, -0.2) is 19.1 Å². The Hall–Kier alpha value is -1.90. The third-order valence-electron chi connectivity index (χ3n) is 3.09. The molecule has 0 saturated heterocycles. The summed E-state index contributed by atoms with van der Waals surface area (Å²) in [5.41, 5.74) is 0.580. The molecule has 118 valence electrons. The summed E-state index contributed by atoms with van der Waals surface area (Å²) in [6, 6.07) is 6.50. The maximum Gasteiger partial charge on any atom is 0.280 e. The summed E-state index contributed by atoms with van der Waals surface area (Å²) in [4.78, 5) is 8.27. The van der Waals surface area contributed by atoms with Crippen LogP contribution in [0.15, 0.2) is 42.7 Å². The maximum atomic E-state index is 13.1. The first-order chi connectivity index (χ1) is 10.5. The van der Waals surface area contributed by atoms with Crippen molar-refractivity contribution in [2.75, 3.05) is 13.6 Å². The van der Waals surface area contributed by atoms with Crippen LogP contribution in [0.2, 0.25) is 0 Å². The average molecular weight is 324 g/mol. The second-order valence-corrected chi connectivity index (χ2v) is 6.39. The summed E-state index contributed by atoms with van der Waals surface area (Å²) in [7, 11) is -2.27.